The molecule has 3 rings (SSSR count). The summed E-state index contributed by atoms with van der Waals surface area (Å²) in [4.78, 5) is 19.1. The van der Waals surface area contributed by atoms with E-state index in [1.54, 1.807) is 6.07 Å². The number of carbonyl (C=O) groups excluding carboxylic acids is 1. The topological polar surface area (TPSA) is 39.9 Å². The van der Waals surface area contributed by atoms with Gasteiger partial charge in [-0.25, -0.2) is 0 Å². The molecule has 1 aromatic heterocycles. The lowest BCUT2D eigenvalue weighted by Crippen LogP contribution is -2.48. The second-order valence-electron chi connectivity index (χ2n) is 6.46. The van der Waals surface area contributed by atoms with Gasteiger partial charge >= 0.3 is 0 Å². The first-order valence-electron chi connectivity index (χ1n) is 9.22. The third kappa shape index (κ3) is 4.22. The van der Waals surface area contributed by atoms with Crippen molar-refractivity contribution in [1.29, 1.82) is 0 Å². The van der Waals surface area contributed by atoms with Crippen LogP contribution in [-0.4, -0.2) is 55.0 Å². The first kappa shape index (κ1) is 18.8. The number of halogens is 1. The highest BCUT2D eigenvalue weighted by Crippen LogP contribution is 2.26. The molecule has 2 heterocycles. The molecular weight excluding hydrogens is 350 g/mol. The Morgan fingerprint density at radius 1 is 1.08 bits per heavy atom. The van der Waals surface area contributed by atoms with Crippen LogP contribution < -0.4 is 4.90 Å². The molecule has 2 aromatic rings. The molecule has 0 N–H and O–H groups in total. The fourth-order valence-corrected chi connectivity index (χ4v) is 3.52. The fourth-order valence-electron chi connectivity index (χ4n) is 3.26. The molecule has 1 aromatic carbocycles. The number of para-hydroxylation sites is 1. The van der Waals surface area contributed by atoms with Gasteiger partial charge in [-0.2, -0.15) is 0 Å². The zero-order valence-corrected chi connectivity index (χ0v) is 16.2. The predicted molar refractivity (Wildman–Crippen MR) is 105 cm³/mol. The van der Waals surface area contributed by atoms with Crippen molar-refractivity contribution in [3.63, 3.8) is 0 Å². The minimum atomic E-state index is -0.0328. The maximum absolute atomic E-state index is 12.7. The van der Waals surface area contributed by atoms with Crippen LogP contribution in [0.5, 0.6) is 0 Å². The summed E-state index contributed by atoms with van der Waals surface area (Å²) in [6.45, 7) is 9.76. The van der Waals surface area contributed by atoms with Crippen LogP contribution >= 0.6 is 11.6 Å². The maximum atomic E-state index is 12.7. The molecule has 1 saturated heterocycles. The number of hydrogen-bond donors (Lipinski definition) is 0. The van der Waals surface area contributed by atoms with E-state index in [0.29, 0.717) is 18.8 Å². The monoisotopic (exact) mass is 375 g/mol. The molecule has 1 aliphatic rings. The Labute approximate surface area is 160 Å². The van der Waals surface area contributed by atoms with Gasteiger partial charge in [0.15, 0.2) is 5.76 Å². The molecule has 140 valence electrons. The Kier molecular flexibility index (Phi) is 6.22. The van der Waals surface area contributed by atoms with Crippen LogP contribution in [0.25, 0.3) is 0 Å². The maximum Gasteiger partial charge on any atom is 0.289 e. The highest BCUT2D eigenvalue weighted by atomic mass is 35.5. The normalized spacial score (nSPS) is 14.9. The number of carbonyl (C=O) groups is 1. The number of benzene rings is 1. The highest BCUT2D eigenvalue weighted by Gasteiger charge is 2.25. The van der Waals surface area contributed by atoms with Gasteiger partial charge in [0.25, 0.3) is 5.91 Å². The Morgan fingerprint density at radius 2 is 1.77 bits per heavy atom. The van der Waals surface area contributed by atoms with Crippen molar-refractivity contribution in [3.05, 3.63) is 52.9 Å². The van der Waals surface area contributed by atoms with Gasteiger partial charge < -0.3 is 14.2 Å². The summed E-state index contributed by atoms with van der Waals surface area (Å²) in [6, 6.07) is 11.5. The van der Waals surface area contributed by atoms with E-state index in [-0.39, 0.29) is 5.91 Å². The van der Waals surface area contributed by atoms with E-state index in [1.807, 2.05) is 35.2 Å². The molecule has 5 nitrogen and oxygen atoms in total. The van der Waals surface area contributed by atoms with Crippen LogP contribution in [0.1, 0.15) is 30.2 Å². The molecule has 1 fully saturated rings. The third-order valence-electron chi connectivity index (χ3n) is 4.91. The summed E-state index contributed by atoms with van der Waals surface area (Å²) in [5, 5.41) is 0.749. The van der Waals surface area contributed by atoms with Gasteiger partial charge in [-0.3, -0.25) is 9.69 Å². The number of rotatable bonds is 6. The summed E-state index contributed by atoms with van der Waals surface area (Å²) in [5.41, 5.74) is 1.03. The van der Waals surface area contributed by atoms with Gasteiger partial charge in [0.1, 0.15) is 5.76 Å². The van der Waals surface area contributed by atoms with Gasteiger partial charge in [-0.15, -0.1) is 0 Å². The van der Waals surface area contributed by atoms with Crippen molar-refractivity contribution < 1.29 is 9.21 Å². The van der Waals surface area contributed by atoms with Crippen LogP contribution in [0, 0.1) is 0 Å². The fraction of sp³-hybridized carbons (Fsp3) is 0.450. The van der Waals surface area contributed by atoms with Crippen molar-refractivity contribution in [3.8, 4) is 0 Å². The summed E-state index contributed by atoms with van der Waals surface area (Å²) in [6.07, 6.45) is 0. The minimum absolute atomic E-state index is 0.0328. The Balaban J connectivity index is 1.59. The average Bonchev–Trinajstić information content (AvgIpc) is 3.14. The van der Waals surface area contributed by atoms with E-state index in [9.17, 15) is 4.79 Å². The lowest BCUT2D eigenvalue weighted by Gasteiger charge is -2.36. The first-order chi connectivity index (χ1) is 12.6. The summed E-state index contributed by atoms with van der Waals surface area (Å²) < 4.78 is 5.80. The van der Waals surface area contributed by atoms with Gasteiger partial charge in [0, 0.05) is 26.2 Å². The number of piperazine rings is 1. The number of hydrogen-bond acceptors (Lipinski definition) is 4. The second kappa shape index (κ2) is 8.60. The average molecular weight is 376 g/mol. The SMILES string of the molecule is CCN(CC)Cc1ccc(C(=O)N2CCN(c3ccccc3Cl)CC2)o1. The minimum Gasteiger partial charge on any atom is -0.455 e. The number of amides is 1. The molecular formula is C20H26ClN3O2. The molecule has 1 aliphatic heterocycles. The number of anilines is 1. The van der Waals surface area contributed by atoms with E-state index in [4.69, 9.17) is 16.0 Å². The number of nitrogens with zero attached hydrogens (tertiary/aromatic N) is 3. The first-order valence-corrected chi connectivity index (χ1v) is 9.60. The summed E-state index contributed by atoms with van der Waals surface area (Å²) >= 11 is 6.28. The van der Waals surface area contributed by atoms with E-state index in [0.717, 1.165) is 49.2 Å². The lowest BCUT2D eigenvalue weighted by atomic mass is 10.2. The van der Waals surface area contributed by atoms with Crippen LogP contribution in [0.3, 0.4) is 0 Å². The summed E-state index contributed by atoms with van der Waals surface area (Å²) in [5.74, 6) is 1.24. The van der Waals surface area contributed by atoms with Gasteiger partial charge in [-0.05, 0) is 37.4 Å². The quantitative estimate of drug-likeness (QED) is 0.771. The zero-order valence-electron chi connectivity index (χ0n) is 15.4. The molecule has 0 atom stereocenters. The summed E-state index contributed by atoms with van der Waals surface area (Å²) in [7, 11) is 0. The van der Waals surface area contributed by atoms with E-state index in [1.165, 1.54) is 0 Å². The Morgan fingerprint density at radius 3 is 2.42 bits per heavy atom. The van der Waals surface area contributed by atoms with Crippen molar-refractivity contribution in [1.82, 2.24) is 9.80 Å². The molecule has 0 unspecified atom stereocenters. The van der Waals surface area contributed by atoms with E-state index < -0.39 is 0 Å². The van der Waals surface area contributed by atoms with Crippen LogP contribution in [0.2, 0.25) is 5.02 Å². The van der Waals surface area contributed by atoms with Crippen molar-refractivity contribution >= 4 is 23.2 Å². The zero-order chi connectivity index (χ0) is 18.5. The molecule has 0 aliphatic carbocycles. The van der Waals surface area contributed by atoms with E-state index in [2.05, 4.69) is 23.6 Å². The van der Waals surface area contributed by atoms with E-state index >= 15 is 0 Å². The van der Waals surface area contributed by atoms with Gasteiger partial charge in [-0.1, -0.05) is 37.6 Å². The van der Waals surface area contributed by atoms with Crippen molar-refractivity contribution in [2.45, 2.75) is 20.4 Å². The predicted octanol–water partition coefficient (Wildman–Crippen LogP) is 3.74. The highest BCUT2D eigenvalue weighted by molar-refractivity contribution is 6.33. The third-order valence-corrected chi connectivity index (χ3v) is 5.23. The Hall–Kier alpha value is -1.98. The van der Waals surface area contributed by atoms with Crippen LogP contribution in [0.4, 0.5) is 5.69 Å². The lowest BCUT2D eigenvalue weighted by molar-refractivity contribution is 0.0711. The largest absolute Gasteiger partial charge is 0.455 e. The van der Waals surface area contributed by atoms with Gasteiger partial charge in [0.05, 0.1) is 17.3 Å². The van der Waals surface area contributed by atoms with Crippen LogP contribution in [0.15, 0.2) is 40.8 Å². The van der Waals surface area contributed by atoms with Crippen LogP contribution in [-0.2, 0) is 6.54 Å². The second-order valence-corrected chi connectivity index (χ2v) is 6.87. The van der Waals surface area contributed by atoms with Crippen molar-refractivity contribution in [2.24, 2.45) is 0 Å². The van der Waals surface area contributed by atoms with Gasteiger partial charge in [0.2, 0.25) is 0 Å². The molecule has 0 bridgehead atoms. The molecule has 26 heavy (non-hydrogen) atoms. The molecule has 0 saturated carbocycles. The standard InChI is InChI=1S/C20H26ClN3O2/c1-3-22(4-2)15-16-9-10-19(26-16)20(25)24-13-11-23(12-14-24)18-8-6-5-7-17(18)21/h5-10H,3-4,11-15H2,1-2H3. The van der Waals surface area contributed by atoms with Crippen molar-refractivity contribution in [2.75, 3.05) is 44.2 Å². The smallest absolute Gasteiger partial charge is 0.289 e. The molecule has 0 spiro atoms. The molecule has 6 heteroatoms. The molecule has 1 amide bonds. The number of furan rings is 1. The Bertz CT molecular complexity index is 734. The molecule has 0 radical (unpaired) electrons.